The summed E-state index contributed by atoms with van der Waals surface area (Å²) in [5, 5.41) is 3.39. The molecule has 2 aromatic rings. The Bertz CT molecular complexity index is 708. The summed E-state index contributed by atoms with van der Waals surface area (Å²) >= 11 is 0. The van der Waals surface area contributed by atoms with Gasteiger partial charge < -0.3 is 10.1 Å². The van der Waals surface area contributed by atoms with Crippen LogP contribution in [0, 0.1) is 6.92 Å². The van der Waals surface area contributed by atoms with Crippen LogP contribution in [0.3, 0.4) is 0 Å². The summed E-state index contributed by atoms with van der Waals surface area (Å²) in [6.45, 7) is 7.63. The highest BCUT2D eigenvalue weighted by atomic mass is 15.0. The van der Waals surface area contributed by atoms with Crippen LogP contribution < -0.4 is 10.1 Å². The van der Waals surface area contributed by atoms with E-state index in [0.29, 0.717) is 0 Å². The minimum Gasteiger partial charge on any atom is -0.424 e. The van der Waals surface area contributed by atoms with E-state index in [1.54, 1.807) is 6.21 Å². The lowest BCUT2D eigenvalue weighted by molar-refractivity contribution is 1.33. The molecule has 4 nitrogen and oxygen atoms in total. The Hall–Kier alpha value is -2.56. The predicted molar refractivity (Wildman–Crippen MR) is 101 cm³/mol. The molecule has 0 atom stereocenters. The summed E-state index contributed by atoms with van der Waals surface area (Å²) in [7, 11) is 4.01. The Morgan fingerprint density at radius 3 is 2.59 bits per heavy atom. The van der Waals surface area contributed by atoms with Crippen molar-refractivity contribution in [2.75, 3.05) is 17.2 Å². The molecule has 0 radical (unpaired) electrons. The third-order valence-electron chi connectivity index (χ3n) is 3.42. The Labute approximate surface area is 133 Å². The number of benzene rings is 2. The van der Waals surface area contributed by atoms with E-state index in [9.17, 15) is 0 Å². The fourth-order valence-electron chi connectivity index (χ4n) is 2.16. The maximum atomic E-state index is 4.38. The normalized spacial score (nSPS) is 10.7. The lowest BCUT2D eigenvalue weighted by Gasteiger charge is -2.16. The van der Waals surface area contributed by atoms with Crippen molar-refractivity contribution in [2.45, 2.75) is 13.8 Å². The Balaban J connectivity index is 2.34. The lowest BCUT2D eigenvalue weighted by atomic mass is 10.1. The Morgan fingerprint density at radius 1 is 1.18 bits per heavy atom. The largest absolute Gasteiger partial charge is 0.424 e. The average molecular weight is 292 g/mol. The van der Waals surface area contributed by atoms with Gasteiger partial charge in [0.25, 0.3) is 0 Å². The zero-order chi connectivity index (χ0) is 16.1. The van der Waals surface area contributed by atoms with Gasteiger partial charge in [-0.2, -0.15) is 0 Å². The monoisotopic (exact) mass is 292 g/mol. The lowest BCUT2D eigenvalue weighted by Crippen LogP contribution is -2.10. The van der Waals surface area contributed by atoms with Gasteiger partial charge >= 0.3 is 0 Å². The standard InChI is InChI=1S/C17H21BN4/c1-5-20-16-10-13(7-6-12(16)2)21-15-9-8-14(22(4)18)11-17(15)19-3/h5-11,21H,3,18H2,1-2,4H3/b20-5-. The molecule has 112 valence electrons. The second kappa shape index (κ2) is 6.94. The van der Waals surface area contributed by atoms with Crippen molar-refractivity contribution in [2.24, 2.45) is 9.98 Å². The van der Waals surface area contributed by atoms with E-state index >= 15 is 0 Å². The fraction of sp³-hybridized carbons (Fsp3) is 0.176. The van der Waals surface area contributed by atoms with Gasteiger partial charge in [0.15, 0.2) is 0 Å². The van der Waals surface area contributed by atoms with Gasteiger partial charge in [-0.15, -0.1) is 0 Å². The molecular formula is C17H21BN4. The number of hydrogen-bond donors (Lipinski definition) is 1. The number of anilines is 3. The molecule has 2 rings (SSSR count). The first-order valence-electron chi connectivity index (χ1n) is 7.19. The molecule has 0 saturated carbocycles. The summed E-state index contributed by atoms with van der Waals surface area (Å²) in [5.74, 6) is 0. The van der Waals surface area contributed by atoms with Gasteiger partial charge in [-0.1, -0.05) is 6.07 Å². The molecule has 0 amide bonds. The molecule has 0 bridgehead atoms. The molecule has 0 aromatic heterocycles. The average Bonchev–Trinajstić information content (AvgIpc) is 2.51. The third-order valence-corrected chi connectivity index (χ3v) is 3.42. The molecule has 0 heterocycles. The van der Waals surface area contributed by atoms with Crippen molar-refractivity contribution in [3.63, 3.8) is 0 Å². The van der Waals surface area contributed by atoms with Crippen LogP contribution in [0.5, 0.6) is 0 Å². The molecule has 0 unspecified atom stereocenters. The number of hydrogen-bond acceptors (Lipinski definition) is 4. The summed E-state index contributed by atoms with van der Waals surface area (Å²) in [5.41, 5.74) is 5.93. The first kappa shape index (κ1) is 15.8. The zero-order valence-electron chi connectivity index (χ0n) is 13.6. The van der Waals surface area contributed by atoms with Crippen LogP contribution >= 0.6 is 0 Å². The summed E-state index contributed by atoms with van der Waals surface area (Å²) in [4.78, 5) is 10.5. The first-order chi connectivity index (χ1) is 10.5. The van der Waals surface area contributed by atoms with E-state index < -0.39 is 0 Å². The maximum absolute atomic E-state index is 4.38. The van der Waals surface area contributed by atoms with Gasteiger partial charge in [0.2, 0.25) is 7.98 Å². The highest BCUT2D eigenvalue weighted by molar-refractivity contribution is 6.17. The molecule has 1 N–H and O–H groups in total. The zero-order valence-corrected chi connectivity index (χ0v) is 13.6. The maximum Gasteiger partial charge on any atom is 0.217 e. The van der Waals surface area contributed by atoms with Gasteiger partial charge in [-0.3, -0.25) is 9.98 Å². The van der Waals surface area contributed by atoms with Crippen molar-refractivity contribution < 1.29 is 0 Å². The topological polar surface area (TPSA) is 40.0 Å². The third kappa shape index (κ3) is 3.55. The van der Waals surface area contributed by atoms with E-state index in [1.165, 1.54) is 0 Å². The molecule has 0 aliphatic carbocycles. The van der Waals surface area contributed by atoms with Gasteiger partial charge in [-0.25, -0.2) is 0 Å². The van der Waals surface area contributed by atoms with Crippen LogP contribution in [0.4, 0.5) is 28.4 Å². The van der Waals surface area contributed by atoms with Crippen LogP contribution in [0.1, 0.15) is 12.5 Å². The number of rotatable bonds is 5. The van der Waals surface area contributed by atoms with Gasteiger partial charge in [0.1, 0.15) is 0 Å². The first-order valence-corrected chi connectivity index (χ1v) is 7.19. The predicted octanol–water partition coefficient (Wildman–Crippen LogP) is 3.78. The van der Waals surface area contributed by atoms with Crippen LogP contribution in [0.2, 0.25) is 0 Å². The molecule has 0 fully saturated rings. The highest BCUT2D eigenvalue weighted by Crippen LogP contribution is 2.33. The summed E-state index contributed by atoms with van der Waals surface area (Å²) in [6, 6.07) is 12.2. The second-order valence-electron chi connectivity index (χ2n) is 5.27. The number of aliphatic imine (C=N–C) groups is 2. The molecule has 0 aliphatic rings. The van der Waals surface area contributed by atoms with E-state index in [4.69, 9.17) is 0 Å². The molecule has 5 heteroatoms. The minimum absolute atomic E-state index is 0.826. The highest BCUT2D eigenvalue weighted by Gasteiger charge is 2.05. The van der Waals surface area contributed by atoms with Gasteiger partial charge in [0.05, 0.1) is 17.1 Å². The molecule has 0 spiro atoms. The van der Waals surface area contributed by atoms with Crippen molar-refractivity contribution in [1.29, 1.82) is 0 Å². The van der Waals surface area contributed by atoms with E-state index in [1.807, 2.05) is 51.0 Å². The molecular weight excluding hydrogens is 271 g/mol. The van der Waals surface area contributed by atoms with Crippen molar-refractivity contribution in [3.8, 4) is 0 Å². The van der Waals surface area contributed by atoms with Crippen molar-refractivity contribution in [1.82, 2.24) is 0 Å². The van der Waals surface area contributed by atoms with Crippen LogP contribution in [-0.2, 0) is 0 Å². The molecule has 2 aromatic carbocycles. The molecule has 0 aliphatic heterocycles. The minimum atomic E-state index is 0.826. The quantitative estimate of drug-likeness (QED) is 0.673. The van der Waals surface area contributed by atoms with Crippen molar-refractivity contribution >= 4 is 49.4 Å². The smallest absolute Gasteiger partial charge is 0.217 e. The van der Waals surface area contributed by atoms with E-state index in [-0.39, 0.29) is 0 Å². The number of aryl methyl sites for hydroxylation is 1. The fourth-order valence-corrected chi connectivity index (χ4v) is 2.16. The van der Waals surface area contributed by atoms with Crippen molar-refractivity contribution in [3.05, 3.63) is 42.0 Å². The van der Waals surface area contributed by atoms with Crippen LogP contribution in [0.25, 0.3) is 0 Å². The van der Waals surface area contributed by atoms with Crippen LogP contribution in [0.15, 0.2) is 46.4 Å². The number of nitrogens with zero attached hydrogens (tertiary/aromatic N) is 3. The van der Waals surface area contributed by atoms with E-state index in [2.05, 4.69) is 41.1 Å². The molecule has 22 heavy (non-hydrogen) atoms. The van der Waals surface area contributed by atoms with Crippen LogP contribution in [-0.4, -0.2) is 28.0 Å². The summed E-state index contributed by atoms with van der Waals surface area (Å²) in [6.07, 6.45) is 1.80. The Kier molecular flexibility index (Phi) is 4.99. The van der Waals surface area contributed by atoms with Gasteiger partial charge in [0, 0.05) is 17.6 Å². The van der Waals surface area contributed by atoms with E-state index in [0.717, 1.165) is 34.0 Å². The SMILES string of the molecule is BN(C)c1ccc(Nc2ccc(C)c(/N=C\C)c2)c(N=C)c1. The molecule has 0 saturated heterocycles. The second-order valence-corrected chi connectivity index (χ2v) is 5.27. The van der Waals surface area contributed by atoms with Gasteiger partial charge in [-0.05, 0) is 63.5 Å². The Morgan fingerprint density at radius 2 is 1.95 bits per heavy atom. The summed E-state index contributed by atoms with van der Waals surface area (Å²) < 4.78 is 0. The number of nitrogens with one attached hydrogen (secondary N) is 1.